The summed E-state index contributed by atoms with van der Waals surface area (Å²) in [6.07, 6.45) is -9.11. The lowest BCUT2D eigenvalue weighted by atomic mass is 10.2. The van der Waals surface area contributed by atoms with Crippen molar-refractivity contribution in [3.8, 4) is 5.75 Å². The maximum absolute atomic E-state index is 12.8. The number of ether oxygens (including phenoxy) is 2. The van der Waals surface area contributed by atoms with Crippen LogP contribution in [0.25, 0.3) is 0 Å². The van der Waals surface area contributed by atoms with Crippen LogP contribution in [0.5, 0.6) is 5.75 Å². The van der Waals surface area contributed by atoms with Gasteiger partial charge in [0.05, 0.1) is 12.2 Å². The molecule has 3 amide bonds. The van der Waals surface area contributed by atoms with Gasteiger partial charge in [-0.05, 0) is 31.5 Å². The van der Waals surface area contributed by atoms with E-state index in [1.165, 1.54) is 17.3 Å². The Morgan fingerprint density at radius 2 is 1.94 bits per heavy atom. The molecule has 0 bridgehead atoms. The lowest BCUT2D eigenvalue weighted by molar-refractivity contribution is -0.278. The molecule has 0 radical (unpaired) electrons. The lowest BCUT2D eigenvalue weighted by Crippen LogP contribution is -2.52. The molecular formula is C18H20F5N3O5. The van der Waals surface area contributed by atoms with Gasteiger partial charge in [0, 0.05) is 7.05 Å². The molecule has 1 aliphatic rings. The predicted octanol–water partition coefficient (Wildman–Crippen LogP) is 2.15. The van der Waals surface area contributed by atoms with Gasteiger partial charge in [0.25, 0.3) is 11.8 Å². The molecule has 2 unspecified atom stereocenters. The van der Waals surface area contributed by atoms with E-state index in [0.29, 0.717) is 11.4 Å². The third-order valence-electron chi connectivity index (χ3n) is 4.35. The molecule has 1 aromatic rings. The molecule has 1 heterocycles. The summed E-state index contributed by atoms with van der Waals surface area (Å²) in [5.41, 5.74) is 1.35. The normalized spacial score (nSPS) is 17.7. The number of carbonyl (C=O) groups excluding carboxylic acids is 3. The van der Waals surface area contributed by atoms with Crippen molar-refractivity contribution in [2.45, 2.75) is 38.1 Å². The van der Waals surface area contributed by atoms with Gasteiger partial charge in [-0.3, -0.25) is 9.59 Å². The highest BCUT2D eigenvalue weighted by Crippen LogP contribution is 2.34. The summed E-state index contributed by atoms with van der Waals surface area (Å²) < 4.78 is 72.0. The molecule has 172 valence electrons. The van der Waals surface area contributed by atoms with Crippen LogP contribution in [-0.2, 0) is 14.3 Å². The maximum Gasteiger partial charge on any atom is 0.455 e. The number of alkyl halides is 5. The molecule has 31 heavy (non-hydrogen) atoms. The van der Waals surface area contributed by atoms with Crippen molar-refractivity contribution in [1.82, 2.24) is 10.6 Å². The Bertz CT molecular complexity index is 861. The number of likely N-dealkylation sites (N-methyl/N-ethyl adjacent to an activating group) is 1. The summed E-state index contributed by atoms with van der Waals surface area (Å²) in [7, 11) is 1.47. The molecule has 0 saturated heterocycles. The smallest absolute Gasteiger partial charge is 0.455 e. The first-order chi connectivity index (χ1) is 14.2. The largest absolute Gasteiger partial charge is 0.489 e. The van der Waals surface area contributed by atoms with Crippen LogP contribution in [0.15, 0.2) is 18.2 Å². The first-order valence-electron chi connectivity index (χ1n) is 8.93. The second-order valence-electron chi connectivity index (χ2n) is 6.84. The molecule has 2 N–H and O–H groups in total. The standard InChI is InChI=1S/C18H20F5N3O5/c1-9-4-5-12-13(6-9)30-7-11(15(28)26(12)3)25-14(27)10(2)31-16(29)24-8-17(19,20)18(21,22)23/h4-6,10-11H,7-8H2,1-3H3,(H,24,29)(H,25,27). The van der Waals surface area contributed by atoms with Crippen molar-refractivity contribution in [1.29, 1.82) is 0 Å². The van der Waals surface area contributed by atoms with E-state index >= 15 is 0 Å². The highest BCUT2D eigenvalue weighted by molar-refractivity contribution is 6.01. The number of rotatable bonds is 5. The Hall–Kier alpha value is -3.12. The van der Waals surface area contributed by atoms with Crippen molar-refractivity contribution in [3.63, 3.8) is 0 Å². The molecule has 0 fully saturated rings. The van der Waals surface area contributed by atoms with Gasteiger partial charge in [-0.15, -0.1) is 0 Å². The fourth-order valence-electron chi connectivity index (χ4n) is 2.54. The number of hydrogen-bond acceptors (Lipinski definition) is 5. The van der Waals surface area contributed by atoms with E-state index in [9.17, 15) is 36.3 Å². The number of hydrogen-bond donors (Lipinski definition) is 2. The summed E-state index contributed by atoms with van der Waals surface area (Å²) >= 11 is 0. The number of carbonyl (C=O) groups is 3. The van der Waals surface area contributed by atoms with Gasteiger partial charge in [0.1, 0.15) is 18.4 Å². The number of amides is 3. The second kappa shape index (κ2) is 8.94. The average Bonchev–Trinajstić information content (AvgIpc) is 2.77. The fourth-order valence-corrected chi connectivity index (χ4v) is 2.54. The minimum absolute atomic E-state index is 0.234. The van der Waals surface area contributed by atoms with Crippen molar-refractivity contribution in [3.05, 3.63) is 23.8 Å². The van der Waals surface area contributed by atoms with Gasteiger partial charge >= 0.3 is 18.2 Å². The zero-order valence-electron chi connectivity index (χ0n) is 16.7. The van der Waals surface area contributed by atoms with E-state index in [-0.39, 0.29) is 6.61 Å². The average molecular weight is 453 g/mol. The van der Waals surface area contributed by atoms with Gasteiger partial charge in [0.15, 0.2) is 6.10 Å². The van der Waals surface area contributed by atoms with E-state index in [1.807, 2.05) is 6.92 Å². The Morgan fingerprint density at radius 1 is 1.29 bits per heavy atom. The Morgan fingerprint density at radius 3 is 2.55 bits per heavy atom. The molecule has 1 aliphatic heterocycles. The van der Waals surface area contributed by atoms with E-state index in [1.54, 1.807) is 18.2 Å². The molecule has 2 rings (SSSR count). The van der Waals surface area contributed by atoms with E-state index in [2.05, 4.69) is 10.1 Å². The van der Waals surface area contributed by atoms with Crippen molar-refractivity contribution in [2.75, 3.05) is 25.1 Å². The molecule has 8 nitrogen and oxygen atoms in total. The number of alkyl carbamates (subject to hydrolysis) is 1. The molecule has 0 aromatic heterocycles. The number of nitrogens with one attached hydrogen (secondary N) is 2. The number of benzene rings is 1. The van der Waals surface area contributed by atoms with Gasteiger partial charge in [-0.25, -0.2) is 4.79 Å². The highest BCUT2D eigenvalue weighted by Gasteiger charge is 2.57. The topological polar surface area (TPSA) is 97.0 Å². The van der Waals surface area contributed by atoms with Crippen LogP contribution in [-0.4, -0.2) is 62.4 Å². The molecule has 0 aliphatic carbocycles. The quantitative estimate of drug-likeness (QED) is 0.666. The van der Waals surface area contributed by atoms with Crippen LogP contribution in [0.2, 0.25) is 0 Å². The summed E-state index contributed by atoms with van der Waals surface area (Å²) in [5, 5.41) is 3.55. The van der Waals surface area contributed by atoms with Gasteiger partial charge < -0.3 is 25.0 Å². The molecule has 0 spiro atoms. The van der Waals surface area contributed by atoms with Gasteiger partial charge in [-0.2, -0.15) is 22.0 Å². The van der Waals surface area contributed by atoms with Gasteiger partial charge in [0.2, 0.25) is 0 Å². The van der Waals surface area contributed by atoms with Crippen LogP contribution in [0.4, 0.5) is 32.4 Å². The SMILES string of the molecule is Cc1ccc2c(c1)OCC(NC(=O)C(C)OC(=O)NCC(F)(F)C(F)(F)F)C(=O)N2C. The fraction of sp³-hybridized carbons (Fsp3) is 0.500. The number of aryl methyl sites for hydroxylation is 1. The minimum Gasteiger partial charge on any atom is -0.489 e. The van der Waals surface area contributed by atoms with Crippen molar-refractivity contribution in [2.24, 2.45) is 0 Å². The lowest BCUT2D eigenvalue weighted by Gasteiger charge is -2.22. The summed E-state index contributed by atoms with van der Waals surface area (Å²) in [5.74, 6) is -6.26. The van der Waals surface area contributed by atoms with Crippen LogP contribution in [0.3, 0.4) is 0 Å². The molecular weight excluding hydrogens is 433 g/mol. The van der Waals surface area contributed by atoms with E-state index in [4.69, 9.17) is 4.74 Å². The van der Waals surface area contributed by atoms with Crippen molar-refractivity contribution >= 4 is 23.6 Å². The van der Waals surface area contributed by atoms with E-state index in [0.717, 1.165) is 12.5 Å². The van der Waals surface area contributed by atoms with Crippen molar-refractivity contribution < 1.29 is 45.8 Å². The highest BCUT2D eigenvalue weighted by atomic mass is 19.4. The third kappa shape index (κ3) is 5.73. The van der Waals surface area contributed by atoms with Crippen LogP contribution >= 0.6 is 0 Å². The van der Waals surface area contributed by atoms with Gasteiger partial charge in [-0.1, -0.05) is 6.07 Å². The predicted molar refractivity (Wildman–Crippen MR) is 97.0 cm³/mol. The molecule has 1 aromatic carbocycles. The zero-order valence-corrected chi connectivity index (χ0v) is 16.7. The van der Waals surface area contributed by atoms with E-state index < -0.39 is 48.7 Å². The number of nitrogens with zero attached hydrogens (tertiary/aromatic N) is 1. The minimum atomic E-state index is -5.86. The third-order valence-corrected chi connectivity index (χ3v) is 4.35. The number of halogens is 5. The second-order valence-corrected chi connectivity index (χ2v) is 6.84. The van der Waals surface area contributed by atoms with Crippen LogP contribution in [0.1, 0.15) is 12.5 Å². The Balaban J connectivity index is 1.94. The van der Waals surface area contributed by atoms with Crippen LogP contribution < -0.4 is 20.3 Å². The zero-order chi connectivity index (χ0) is 23.6. The maximum atomic E-state index is 12.8. The number of anilines is 1. The monoisotopic (exact) mass is 453 g/mol. The Labute approximate surface area is 173 Å². The molecule has 2 atom stereocenters. The number of fused-ring (bicyclic) bond motifs is 1. The summed E-state index contributed by atoms with van der Waals surface area (Å²) in [6, 6.07) is 3.98. The summed E-state index contributed by atoms with van der Waals surface area (Å²) in [6.45, 7) is 0.591. The first-order valence-corrected chi connectivity index (χ1v) is 8.93. The summed E-state index contributed by atoms with van der Waals surface area (Å²) in [4.78, 5) is 37.6. The first kappa shape index (κ1) is 24.2. The van der Waals surface area contributed by atoms with Crippen LogP contribution in [0, 0.1) is 6.92 Å². The molecule has 0 saturated carbocycles. The molecule has 13 heteroatoms. The Kier molecular flexibility index (Phi) is 6.96.